The molecule has 0 aliphatic heterocycles. The van der Waals surface area contributed by atoms with E-state index in [9.17, 15) is 0 Å². The highest BCUT2D eigenvalue weighted by atomic mass is 32.2. The molecule has 2 aromatic rings. The lowest BCUT2D eigenvalue weighted by Crippen LogP contribution is -1.89. The largest absolute Gasteiger partial charge is 0.495 e. The van der Waals surface area contributed by atoms with Gasteiger partial charge in [-0.05, 0) is 30.7 Å². The molecule has 0 bridgehead atoms. The number of rotatable bonds is 3. The summed E-state index contributed by atoms with van der Waals surface area (Å²) in [7, 11) is 1.72. The summed E-state index contributed by atoms with van der Waals surface area (Å²) in [6.45, 7) is 2.06. The van der Waals surface area contributed by atoms with Gasteiger partial charge in [0, 0.05) is 4.90 Å². The zero-order valence-electron chi connectivity index (χ0n) is 9.44. The number of benzene rings is 2. The van der Waals surface area contributed by atoms with Crippen molar-refractivity contribution in [1.82, 2.24) is 0 Å². The summed E-state index contributed by atoms with van der Waals surface area (Å²) in [5.41, 5.74) is 1.17. The molecule has 0 atom stereocenters. The summed E-state index contributed by atoms with van der Waals surface area (Å²) >= 11 is 1.73. The Hall–Kier alpha value is -1.41. The minimum absolute atomic E-state index is 0.969. The third-order valence-electron chi connectivity index (χ3n) is 2.35. The fourth-order valence-electron chi connectivity index (χ4n) is 1.58. The number of ether oxygens (including phenoxy) is 1. The topological polar surface area (TPSA) is 9.23 Å². The first-order valence-electron chi connectivity index (χ1n) is 5.18. The summed E-state index contributed by atoms with van der Waals surface area (Å²) in [4.78, 5) is 2.39. The number of hydrogen-bond acceptors (Lipinski definition) is 2. The molecule has 2 rings (SSSR count). The third kappa shape index (κ3) is 2.39. The van der Waals surface area contributed by atoms with Crippen LogP contribution < -0.4 is 4.74 Å². The second-order valence-corrected chi connectivity index (χ2v) is 4.64. The van der Waals surface area contributed by atoms with E-state index in [-0.39, 0.29) is 0 Å². The first-order valence-corrected chi connectivity index (χ1v) is 5.99. The molecular weight excluding hydrogens is 216 g/mol. The van der Waals surface area contributed by atoms with E-state index in [1.165, 1.54) is 10.5 Å². The van der Waals surface area contributed by atoms with Crippen LogP contribution in [0.4, 0.5) is 0 Å². The number of methoxy groups -OCH3 is 1. The van der Waals surface area contributed by atoms with Gasteiger partial charge in [-0.3, -0.25) is 0 Å². The molecule has 16 heavy (non-hydrogen) atoms. The second-order valence-electron chi connectivity index (χ2n) is 3.52. The van der Waals surface area contributed by atoms with E-state index in [0.29, 0.717) is 0 Å². The van der Waals surface area contributed by atoms with Crippen LogP contribution in [0, 0.1) is 6.92 Å². The molecule has 0 saturated heterocycles. The van der Waals surface area contributed by atoms with E-state index in [0.717, 1.165) is 10.6 Å². The van der Waals surface area contributed by atoms with Gasteiger partial charge in [0.25, 0.3) is 0 Å². The maximum atomic E-state index is 5.43. The quantitative estimate of drug-likeness (QED) is 0.783. The highest BCUT2D eigenvalue weighted by molar-refractivity contribution is 7.99. The molecule has 0 unspecified atom stereocenters. The molecule has 2 aromatic carbocycles. The Morgan fingerprint density at radius 2 is 1.69 bits per heavy atom. The average Bonchev–Trinajstić information content (AvgIpc) is 2.31. The number of hydrogen-bond donors (Lipinski definition) is 0. The lowest BCUT2D eigenvalue weighted by Gasteiger charge is -2.10. The van der Waals surface area contributed by atoms with Crippen LogP contribution in [0.25, 0.3) is 0 Å². The fourth-order valence-corrected chi connectivity index (χ4v) is 2.61. The molecule has 0 saturated carbocycles. The number of para-hydroxylation sites is 1. The third-order valence-corrected chi connectivity index (χ3v) is 3.40. The Balaban J connectivity index is 2.31. The van der Waals surface area contributed by atoms with Crippen LogP contribution in [-0.4, -0.2) is 7.11 Å². The Morgan fingerprint density at radius 1 is 0.938 bits per heavy atom. The fraction of sp³-hybridized carbons (Fsp3) is 0.143. The van der Waals surface area contributed by atoms with Crippen molar-refractivity contribution in [3.8, 4) is 5.75 Å². The summed E-state index contributed by atoms with van der Waals surface area (Å²) in [5, 5.41) is 0. The zero-order chi connectivity index (χ0) is 11.4. The van der Waals surface area contributed by atoms with E-state index >= 15 is 0 Å². The van der Waals surface area contributed by atoms with Crippen molar-refractivity contribution >= 4 is 11.8 Å². The van der Waals surface area contributed by atoms with Crippen molar-refractivity contribution in [3.63, 3.8) is 0 Å². The summed E-state index contributed by atoms with van der Waals surface area (Å²) in [6.07, 6.45) is 0. The molecule has 0 amide bonds. The van der Waals surface area contributed by atoms with Crippen molar-refractivity contribution < 1.29 is 4.74 Å². The van der Waals surface area contributed by atoms with Crippen LogP contribution >= 0.6 is 11.8 Å². The molecule has 82 valence electrons. The first-order chi connectivity index (χ1) is 7.81. The lowest BCUT2D eigenvalue weighted by atomic mass is 10.2. The second kappa shape index (κ2) is 5.08. The predicted molar refractivity (Wildman–Crippen MR) is 68.3 cm³/mol. The van der Waals surface area contributed by atoms with Crippen molar-refractivity contribution in [3.05, 3.63) is 54.1 Å². The lowest BCUT2D eigenvalue weighted by molar-refractivity contribution is 0.401. The van der Waals surface area contributed by atoms with E-state index in [1.807, 2.05) is 18.2 Å². The van der Waals surface area contributed by atoms with Crippen LogP contribution in [0.5, 0.6) is 5.75 Å². The van der Waals surface area contributed by atoms with Gasteiger partial charge in [0.15, 0.2) is 0 Å². The van der Waals surface area contributed by atoms with Crippen LogP contribution in [0.15, 0.2) is 58.3 Å². The Kier molecular flexibility index (Phi) is 3.52. The van der Waals surface area contributed by atoms with Gasteiger partial charge in [0.2, 0.25) is 0 Å². The highest BCUT2D eigenvalue weighted by Crippen LogP contribution is 2.36. The van der Waals surface area contributed by atoms with Crippen molar-refractivity contribution in [2.24, 2.45) is 0 Å². The molecule has 0 aliphatic rings. The van der Waals surface area contributed by atoms with Gasteiger partial charge in [-0.2, -0.15) is 0 Å². The molecule has 0 spiro atoms. The average molecular weight is 230 g/mol. The molecule has 1 nitrogen and oxygen atoms in total. The van der Waals surface area contributed by atoms with Gasteiger partial charge < -0.3 is 4.74 Å². The monoisotopic (exact) mass is 230 g/mol. The van der Waals surface area contributed by atoms with Gasteiger partial charge >= 0.3 is 0 Å². The van der Waals surface area contributed by atoms with Crippen molar-refractivity contribution in [2.75, 3.05) is 7.11 Å². The van der Waals surface area contributed by atoms with Crippen molar-refractivity contribution in [1.29, 1.82) is 0 Å². The number of aryl methyl sites for hydroxylation is 1. The van der Waals surface area contributed by atoms with Gasteiger partial charge in [-0.15, -0.1) is 0 Å². The molecule has 0 fully saturated rings. The minimum atomic E-state index is 0.969. The molecule has 0 N–H and O–H groups in total. The maximum Gasteiger partial charge on any atom is 0.135 e. The SMILES string of the molecule is COc1c(C)cccc1Sc1ccccc1. The van der Waals surface area contributed by atoms with Gasteiger partial charge in [-0.1, -0.05) is 42.1 Å². The molecular formula is C14H14OS. The Bertz CT molecular complexity index is 465. The molecule has 2 heteroatoms. The molecule has 0 aliphatic carbocycles. The maximum absolute atomic E-state index is 5.43. The van der Waals surface area contributed by atoms with Crippen molar-refractivity contribution in [2.45, 2.75) is 16.7 Å². The zero-order valence-corrected chi connectivity index (χ0v) is 10.3. The molecule has 0 aromatic heterocycles. The van der Waals surface area contributed by atoms with E-state index in [1.54, 1.807) is 18.9 Å². The standard InChI is InChI=1S/C14H14OS/c1-11-7-6-10-13(14(11)15-2)16-12-8-4-3-5-9-12/h3-10H,1-2H3. The van der Waals surface area contributed by atoms with Crippen LogP contribution in [0.1, 0.15) is 5.56 Å². The van der Waals surface area contributed by atoms with E-state index in [2.05, 4.69) is 37.3 Å². The van der Waals surface area contributed by atoms with Gasteiger partial charge in [0.1, 0.15) is 5.75 Å². The Labute approximate surface area is 100 Å². The predicted octanol–water partition coefficient (Wildman–Crippen LogP) is 4.15. The molecule has 0 heterocycles. The van der Waals surface area contributed by atoms with Crippen LogP contribution in [-0.2, 0) is 0 Å². The highest BCUT2D eigenvalue weighted by Gasteiger charge is 2.06. The normalized spacial score (nSPS) is 10.1. The Morgan fingerprint density at radius 3 is 2.38 bits per heavy atom. The van der Waals surface area contributed by atoms with E-state index in [4.69, 9.17) is 4.74 Å². The van der Waals surface area contributed by atoms with Crippen LogP contribution in [0.2, 0.25) is 0 Å². The van der Waals surface area contributed by atoms with Gasteiger partial charge in [-0.25, -0.2) is 0 Å². The summed E-state index contributed by atoms with van der Waals surface area (Å²) in [6, 6.07) is 16.5. The minimum Gasteiger partial charge on any atom is -0.495 e. The van der Waals surface area contributed by atoms with Crippen LogP contribution in [0.3, 0.4) is 0 Å². The summed E-state index contributed by atoms with van der Waals surface area (Å²) < 4.78 is 5.43. The van der Waals surface area contributed by atoms with Gasteiger partial charge in [0.05, 0.1) is 12.0 Å². The molecule has 0 radical (unpaired) electrons. The smallest absolute Gasteiger partial charge is 0.135 e. The first kappa shape index (κ1) is 11.1. The van der Waals surface area contributed by atoms with E-state index < -0.39 is 0 Å². The summed E-state index contributed by atoms with van der Waals surface area (Å²) in [5.74, 6) is 0.969.